The van der Waals surface area contributed by atoms with Crippen LogP contribution in [0.1, 0.15) is 41.5 Å². The molecule has 0 spiro atoms. The molecule has 0 unspecified atom stereocenters. The van der Waals surface area contributed by atoms with E-state index in [4.69, 9.17) is 0 Å². The van der Waals surface area contributed by atoms with Crippen molar-refractivity contribution in [2.75, 3.05) is 0 Å². The van der Waals surface area contributed by atoms with Gasteiger partial charge in [-0.3, -0.25) is 0 Å². The molecule has 0 aromatic rings. The van der Waals surface area contributed by atoms with E-state index in [1.165, 1.54) is 0 Å². The molecular formula is C9H21SiU. The van der Waals surface area contributed by atoms with Crippen LogP contribution in [0, 0.1) is 31.1 Å². The zero-order chi connectivity index (χ0) is 8.31. The molecule has 1 radical (unpaired) electrons. The minimum Gasteiger partial charge on any atom is -0.0653 e. The van der Waals surface area contributed by atoms with Crippen LogP contribution in [0.3, 0.4) is 0 Å². The molecule has 0 rings (SSSR count). The smallest absolute Gasteiger partial charge is 0.0561 e. The van der Waals surface area contributed by atoms with Gasteiger partial charge in [-0.2, -0.15) is 0 Å². The molecule has 0 atom stereocenters. The fourth-order valence-corrected chi connectivity index (χ4v) is 6.00. The van der Waals surface area contributed by atoms with Crippen LogP contribution in [0.5, 0.6) is 0 Å². The van der Waals surface area contributed by atoms with Crippen LogP contribution < -0.4 is 0 Å². The van der Waals surface area contributed by atoms with Crippen molar-refractivity contribution in [3.05, 3.63) is 0 Å². The fraction of sp³-hybridized carbons (Fsp3) is 1.00. The number of rotatable bonds is 3. The Labute approximate surface area is 97.5 Å². The Morgan fingerprint density at radius 1 is 0.636 bits per heavy atom. The zero-order valence-electron chi connectivity index (χ0n) is 8.73. The van der Waals surface area contributed by atoms with E-state index in [2.05, 4.69) is 41.5 Å². The molecule has 0 N–H and O–H groups in total. The molecule has 0 saturated carbocycles. The Morgan fingerprint density at radius 2 is 0.818 bits per heavy atom. The summed E-state index contributed by atoms with van der Waals surface area (Å²) in [5.41, 5.74) is 2.81. The van der Waals surface area contributed by atoms with E-state index in [9.17, 15) is 0 Å². The van der Waals surface area contributed by atoms with Gasteiger partial charge in [0.2, 0.25) is 0 Å². The second-order valence-electron chi connectivity index (χ2n) is 3.96. The van der Waals surface area contributed by atoms with Crippen LogP contribution in [0.2, 0.25) is 16.6 Å². The van der Waals surface area contributed by atoms with E-state index in [0.717, 1.165) is 16.6 Å². The molecule has 0 fully saturated rings. The van der Waals surface area contributed by atoms with Crippen molar-refractivity contribution >= 4 is 8.80 Å². The quantitative estimate of drug-likeness (QED) is 0.640. The third-order valence-electron chi connectivity index (χ3n) is 2.00. The van der Waals surface area contributed by atoms with Crippen molar-refractivity contribution in [2.24, 2.45) is 0 Å². The maximum atomic E-state index is 2.37. The predicted molar refractivity (Wildman–Crippen MR) is 51.0 cm³/mol. The molecule has 0 bridgehead atoms. The molecule has 0 saturated heterocycles. The first-order valence-corrected chi connectivity index (χ1v) is 6.06. The monoisotopic (exact) mass is 395 g/mol. The Bertz CT molecular complexity index is 70.5. The molecule has 11 heavy (non-hydrogen) atoms. The van der Waals surface area contributed by atoms with E-state index < -0.39 is 0 Å². The van der Waals surface area contributed by atoms with Crippen molar-refractivity contribution in [1.82, 2.24) is 0 Å². The maximum Gasteiger partial charge on any atom is 0.0561 e. The average Bonchev–Trinajstić information content (AvgIpc) is 1.59. The summed E-state index contributed by atoms with van der Waals surface area (Å²) in [6.07, 6.45) is 0. The molecule has 2 heteroatoms. The Balaban J connectivity index is 0. The molecule has 65 valence electrons. The van der Waals surface area contributed by atoms with E-state index >= 15 is 0 Å². The van der Waals surface area contributed by atoms with Gasteiger partial charge in [0.15, 0.2) is 0 Å². The van der Waals surface area contributed by atoms with Gasteiger partial charge in [0.05, 0.1) is 8.80 Å². The number of hydrogen-bond acceptors (Lipinski definition) is 0. The standard InChI is InChI=1S/C9H21Si.U/c1-7(2)10(8(3)4)9(5)6;/h7-9H,1-6H3;. The topological polar surface area (TPSA) is 0 Å². The zero-order valence-corrected chi connectivity index (χ0v) is 13.9. The fourth-order valence-electron chi connectivity index (χ4n) is 2.00. The Morgan fingerprint density at radius 3 is 0.818 bits per heavy atom. The van der Waals surface area contributed by atoms with Gasteiger partial charge in [-0.25, -0.2) is 0 Å². The summed E-state index contributed by atoms with van der Waals surface area (Å²) in [5.74, 6) is 0. The van der Waals surface area contributed by atoms with Crippen LogP contribution in [0.15, 0.2) is 0 Å². The first-order valence-electron chi connectivity index (χ1n) is 4.33. The molecule has 0 aromatic heterocycles. The SMILES string of the molecule is CC(C)[Si](C(C)C)C(C)C.[U]. The molecule has 0 aliphatic carbocycles. The van der Waals surface area contributed by atoms with Crippen LogP contribution in [0.4, 0.5) is 0 Å². The van der Waals surface area contributed by atoms with Gasteiger partial charge in [0.25, 0.3) is 0 Å². The summed E-state index contributed by atoms with van der Waals surface area (Å²) < 4.78 is 0. The summed E-state index contributed by atoms with van der Waals surface area (Å²) in [6, 6.07) is 0. The summed E-state index contributed by atoms with van der Waals surface area (Å²) in [4.78, 5) is 0. The van der Waals surface area contributed by atoms with E-state index in [0.29, 0.717) is 0 Å². The first-order chi connectivity index (χ1) is 4.46. The average molecular weight is 395 g/mol. The van der Waals surface area contributed by atoms with Crippen molar-refractivity contribution in [1.29, 1.82) is 0 Å². The minimum absolute atomic E-state index is 0. The van der Waals surface area contributed by atoms with Gasteiger partial charge < -0.3 is 0 Å². The normalized spacial score (nSPS) is 11.5. The second-order valence-corrected chi connectivity index (χ2v) is 8.43. The largest absolute Gasteiger partial charge is 0.0653 e. The van der Waals surface area contributed by atoms with Gasteiger partial charge >= 0.3 is 0 Å². The van der Waals surface area contributed by atoms with Gasteiger partial charge in [0, 0.05) is 31.1 Å². The molecule has 0 aliphatic rings. The minimum atomic E-state index is -0.0957. The van der Waals surface area contributed by atoms with Crippen molar-refractivity contribution in [3.8, 4) is 0 Å². The molecule has 0 aromatic carbocycles. The summed E-state index contributed by atoms with van der Waals surface area (Å²) in [7, 11) is -0.0957. The van der Waals surface area contributed by atoms with Gasteiger partial charge in [-0.15, -0.1) is 0 Å². The maximum absolute atomic E-state index is 2.37. The van der Waals surface area contributed by atoms with Gasteiger partial charge in [0.1, 0.15) is 0 Å². The molecular weight excluding hydrogens is 374 g/mol. The predicted octanol–water partition coefficient (Wildman–Crippen LogP) is 3.71. The first kappa shape index (κ1) is 14.8. The van der Waals surface area contributed by atoms with E-state index in [1.807, 2.05) is 0 Å². The van der Waals surface area contributed by atoms with Gasteiger partial charge in [-0.05, 0) is 0 Å². The van der Waals surface area contributed by atoms with Crippen molar-refractivity contribution < 1.29 is 31.1 Å². The summed E-state index contributed by atoms with van der Waals surface area (Å²) in [6.45, 7) is 14.2. The van der Waals surface area contributed by atoms with E-state index in [1.54, 1.807) is 0 Å². The molecule has 0 nitrogen and oxygen atoms in total. The summed E-state index contributed by atoms with van der Waals surface area (Å²) >= 11 is 0. The van der Waals surface area contributed by atoms with E-state index in [-0.39, 0.29) is 39.9 Å². The summed E-state index contributed by atoms with van der Waals surface area (Å²) in [5, 5.41) is 0. The molecule has 0 aliphatic heterocycles. The second kappa shape index (κ2) is 6.75. The van der Waals surface area contributed by atoms with Crippen LogP contribution in [-0.4, -0.2) is 8.80 Å². The van der Waals surface area contributed by atoms with Crippen LogP contribution in [0.25, 0.3) is 0 Å². The van der Waals surface area contributed by atoms with Crippen molar-refractivity contribution in [3.63, 3.8) is 0 Å². The third-order valence-corrected chi connectivity index (χ3v) is 6.00. The molecule has 0 amide bonds. The van der Waals surface area contributed by atoms with Crippen LogP contribution in [-0.2, 0) is 0 Å². The van der Waals surface area contributed by atoms with Gasteiger partial charge in [-0.1, -0.05) is 58.2 Å². The third kappa shape index (κ3) is 5.50. The number of hydrogen-bond donors (Lipinski definition) is 0. The molecule has 0 heterocycles. The Hall–Kier alpha value is 1.27. The van der Waals surface area contributed by atoms with Crippen LogP contribution >= 0.6 is 0 Å². The Kier molecular flexibility index (Phi) is 9.07. The van der Waals surface area contributed by atoms with Crippen molar-refractivity contribution in [2.45, 2.75) is 58.2 Å².